The smallest absolute Gasteiger partial charge is 0.220 e. The van der Waals surface area contributed by atoms with E-state index >= 15 is 0 Å². The second-order valence-corrected chi connectivity index (χ2v) is 5.62. The van der Waals surface area contributed by atoms with Crippen molar-refractivity contribution in [2.45, 2.75) is 25.8 Å². The molecule has 2 aromatic carbocycles. The number of benzene rings is 2. The second-order valence-electron chi connectivity index (χ2n) is 5.19. The number of carbonyl (C=O) groups is 2. The molecule has 0 saturated heterocycles. The molecule has 0 radical (unpaired) electrons. The first kappa shape index (κ1) is 17.2. The van der Waals surface area contributed by atoms with E-state index in [1.54, 1.807) is 12.1 Å². The van der Waals surface area contributed by atoms with Crippen LogP contribution in [0.25, 0.3) is 0 Å². The van der Waals surface area contributed by atoms with E-state index in [1.807, 2.05) is 12.1 Å². The summed E-state index contributed by atoms with van der Waals surface area (Å²) in [6.07, 6.45) is 1.00. The van der Waals surface area contributed by atoms with Crippen molar-refractivity contribution >= 4 is 23.3 Å². The lowest BCUT2D eigenvalue weighted by molar-refractivity contribution is -0.121. The van der Waals surface area contributed by atoms with Gasteiger partial charge in [-0.3, -0.25) is 9.59 Å². The second kappa shape index (κ2) is 8.44. The topological polar surface area (TPSA) is 46.2 Å². The fourth-order valence-corrected chi connectivity index (χ4v) is 2.21. The molecule has 23 heavy (non-hydrogen) atoms. The highest BCUT2D eigenvalue weighted by atomic mass is 35.5. The molecule has 0 aliphatic carbocycles. The van der Waals surface area contributed by atoms with Crippen LogP contribution in [-0.2, 0) is 11.3 Å². The van der Waals surface area contributed by atoms with Gasteiger partial charge in [0.15, 0.2) is 5.78 Å². The third-order valence-corrected chi connectivity index (χ3v) is 3.63. The quantitative estimate of drug-likeness (QED) is 0.774. The molecular weight excluding hydrogens is 317 g/mol. The number of rotatable bonds is 7. The Morgan fingerprint density at radius 1 is 0.957 bits per heavy atom. The highest BCUT2D eigenvalue weighted by Crippen LogP contribution is 2.10. The third-order valence-electron chi connectivity index (χ3n) is 3.38. The largest absolute Gasteiger partial charge is 0.352 e. The van der Waals surface area contributed by atoms with Crippen LogP contribution in [0.3, 0.4) is 0 Å². The van der Waals surface area contributed by atoms with Gasteiger partial charge in [-0.2, -0.15) is 0 Å². The third kappa shape index (κ3) is 5.83. The molecule has 120 valence electrons. The Morgan fingerprint density at radius 2 is 1.61 bits per heavy atom. The van der Waals surface area contributed by atoms with E-state index in [-0.39, 0.29) is 30.3 Å². The van der Waals surface area contributed by atoms with Crippen LogP contribution >= 0.6 is 11.6 Å². The zero-order valence-electron chi connectivity index (χ0n) is 12.5. The van der Waals surface area contributed by atoms with Crippen LogP contribution in [0.1, 0.15) is 35.2 Å². The number of carbonyl (C=O) groups excluding carboxylic acids is 2. The van der Waals surface area contributed by atoms with Gasteiger partial charge in [0.2, 0.25) is 5.91 Å². The van der Waals surface area contributed by atoms with Crippen LogP contribution in [0, 0.1) is 5.82 Å². The summed E-state index contributed by atoms with van der Waals surface area (Å²) in [5, 5.41) is 3.45. The van der Waals surface area contributed by atoms with Gasteiger partial charge in [-0.25, -0.2) is 4.39 Å². The molecular formula is C18H17ClFNO2. The Bertz CT molecular complexity index is 668. The molecule has 0 unspecified atom stereocenters. The van der Waals surface area contributed by atoms with Gasteiger partial charge in [0.05, 0.1) is 0 Å². The zero-order chi connectivity index (χ0) is 16.7. The molecule has 1 N–H and O–H groups in total. The van der Waals surface area contributed by atoms with Crippen LogP contribution in [0.2, 0.25) is 5.02 Å². The molecule has 0 aliphatic heterocycles. The van der Waals surface area contributed by atoms with Crippen molar-refractivity contribution < 1.29 is 14.0 Å². The lowest BCUT2D eigenvalue weighted by Crippen LogP contribution is -2.22. The maximum atomic E-state index is 12.8. The molecule has 0 saturated carbocycles. The van der Waals surface area contributed by atoms with E-state index in [9.17, 15) is 14.0 Å². The standard InChI is InChI=1S/C18H17ClFNO2/c19-15-8-4-13(5-9-15)12-21-18(23)3-1-2-17(22)14-6-10-16(20)11-7-14/h4-11H,1-3,12H2,(H,21,23). The van der Waals surface area contributed by atoms with Crippen LogP contribution in [0.4, 0.5) is 4.39 Å². The molecule has 5 heteroatoms. The van der Waals surface area contributed by atoms with Crippen molar-refractivity contribution in [3.05, 3.63) is 70.5 Å². The average molecular weight is 334 g/mol. The van der Waals surface area contributed by atoms with Crippen LogP contribution in [0.15, 0.2) is 48.5 Å². The van der Waals surface area contributed by atoms with Crippen molar-refractivity contribution in [2.24, 2.45) is 0 Å². The average Bonchev–Trinajstić information content (AvgIpc) is 2.55. The maximum Gasteiger partial charge on any atom is 0.220 e. The number of nitrogens with one attached hydrogen (secondary N) is 1. The molecule has 0 spiro atoms. The first-order valence-electron chi connectivity index (χ1n) is 7.34. The first-order chi connectivity index (χ1) is 11.0. The van der Waals surface area contributed by atoms with Crippen molar-refractivity contribution in [1.29, 1.82) is 0 Å². The van der Waals surface area contributed by atoms with E-state index in [4.69, 9.17) is 11.6 Å². The summed E-state index contributed by atoms with van der Waals surface area (Å²) < 4.78 is 12.8. The summed E-state index contributed by atoms with van der Waals surface area (Å²) in [5.41, 5.74) is 1.43. The monoisotopic (exact) mass is 333 g/mol. The van der Waals surface area contributed by atoms with Crippen LogP contribution < -0.4 is 5.32 Å². The molecule has 0 fully saturated rings. The van der Waals surface area contributed by atoms with E-state index in [1.165, 1.54) is 24.3 Å². The molecule has 2 aromatic rings. The number of hydrogen-bond acceptors (Lipinski definition) is 2. The normalized spacial score (nSPS) is 10.3. The Morgan fingerprint density at radius 3 is 2.26 bits per heavy atom. The Labute approximate surface area is 139 Å². The van der Waals surface area contributed by atoms with Crippen molar-refractivity contribution in [3.63, 3.8) is 0 Å². The highest BCUT2D eigenvalue weighted by Gasteiger charge is 2.08. The molecule has 0 atom stereocenters. The summed E-state index contributed by atoms with van der Waals surface area (Å²) in [5.74, 6) is -0.564. The van der Waals surface area contributed by atoms with Gasteiger partial charge in [0.25, 0.3) is 0 Å². The molecule has 0 bridgehead atoms. The highest BCUT2D eigenvalue weighted by molar-refractivity contribution is 6.30. The van der Waals surface area contributed by atoms with Gasteiger partial charge in [0, 0.05) is 30.0 Å². The van der Waals surface area contributed by atoms with Gasteiger partial charge in [0.1, 0.15) is 5.82 Å². The summed E-state index contributed by atoms with van der Waals surface area (Å²) >= 11 is 5.79. The number of halogens is 2. The maximum absolute atomic E-state index is 12.8. The molecule has 2 rings (SSSR count). The number of hydrogen-bond donors (Lipinski definition) is 1. The minimum Gasteiger partial charge on any atom is -0.352 e. The molecule has 3 nitrogen and oxygen atoms in total. The minimum absolute atomic E-state index is 0.0875. The summed E-state index contributed by atoms with van der Waals surface area (Å²) in [4.78, 5) is 23.6. The Kier molecular flexibility index (Phi) is 6.29. The van der Waals surface area contributed by atoms with Crippen molar-refractivity contribution in [3.8, 4) is 0 Å². The van der Waals surface area contributed by atoms with Gasteiger partial charge >= 0.3 is 0 Å². The predicted molar refractivity (Wildman–Crippen MR) is 87.9 cm³/mol. The van der Waals surface area contributed by atoms with Gasteiger partial charge in [-0.05, 0) is 48.4 Å². The van der Waals surface area contributed by atoms with Gasteiger partial charge in [-0.15, -0.1) is 0 Å². The van der Waals surface area contributed by atoms with Crippen molar-refractivity contribution in [2.75, 3.05) is 0 Å². The predicted octanol–water partition coefficient (Wildman–Crippen LogP) is 4.15. The minimum atomic E-state index is -0.372. The molecule has 1 amide bonds. The number of Topliss-reactive ketones (excluding diaryl/α,β-unsaturated/α-hetero) is 1. The van der Waals surface area contributed by atoms with E-state index in [0.717, 1.165) is 5.56 Å². The van der Waals surface area contributed by atoms with Gasteiger partial charge < -0.3 is 5.32 Å². The molecule has 0 aliphatic rings. The van der Waals surface area contributed by atoms with E-state index < -0.39 is 0 Å². The summed E-state index contributed by atoms with van der Waals surface area (Å²) in [6, 6.07) is 12.7. The van der Waals surface area contributed by atoms with E-state index in [2.05, 4.69) is 5.32 Å². The fourth-order valence-electron chi connectivity index (χ4n) is 2.08. The van der Waals surface area contributed by atoms with Crippen LogP contribution in [0.5, 0.6) is 0 Å². The summed E-state index contributed by atoms with van der Waals surface area (Å²) in [7, 11) is 0. The number of ketones is 1. The Balaban J connectivity index is 1.69. The van der Waals surface area contributed by atoms with Crippen molar-refractivity contribution in [1.82, 2.24) is 5.32 Å². The lowest BCUT2D eigenvalue weighted by atomic mass is 10.1. The first-order valence-corrected chi connectivity index (χ1v) is 7.72. The van der Waals surface area contributed by atoms with Crippen LogP contribution in [-0.4, -0.2) is 11.7 Å². The molecule has 0 aromatic heterocycles. The Hall–Kier alpha value is -2.20. The SMILES string of the molecule is O=C(CCCC(=O)c1ccc(F)cc1)NCc1ccc(Cl)cc1. The fraction of sp³-hybridized carbons (Fsp3) is 0.222. The zero-order valence-corrected chi connectivity index (χ0v) is 13.3. The lowest BCUT2D eigenvalue weighted by Gasteiger charge is -2.05. The van der Waals surface area contributed by atoms with Gasteiger partial charge in [-0.1, -0.05) is 23.7 Å². The summed E-state index contributed by atoms with van der Waals surface area (Å²) in [6.45, 7) is 0.432. The van der Waals surface area contributed by atoms with E-state index in [0.29, 0.717) is 23.6 Å². The molecule has 0 heterocycles. The number of amides is 1.